The van der Waals surface area contributed by atoms with Crippen molar-refractivity contribution in [2.75, 3.05) is 18.2 Å². The average molecular weight is 448 g/mol. The van der Waals surface area contributed by atoms with Gasteiger partial charge < -0.3 is 9.84 Å². The molecule has 2 aromatic heterocycles. The number of anilines is 1. The maximum absolute atomic E-state index is 13.8. The monoisotopic (exact) mass is 447 g/mol. The number of benzene rings is 1. The van der Waals surface area contributed by atoms with Crippen molar-refractivity contribution in [3.63, 3.8) is 0 Å². The van der Waals surface area contributed by atoms with Crippen molar-refractivity contribution in [1.29, 1.82) is 0 Å². The van der Waals surface area contributed by atoms with Crippen molar-refractivity contribution in [2.45, 2.75) is 50.5 Å². The molecule has 166 valence electrons. The lowest BCUT2D eigenvalue weighted by Gasteiger charge is -2.23. The van der Waals surface area contributed by atoms with Crippen molar-refractivity contribution in [3.8, 4) is 0 Å². The number of carbonyl (C=O) groups is 1. The lowest BCUT2D eigenvalue weighted by Crippen LogP contribution is -2.42. The van der Waals surface area contributed by atoms with Crippen LogP contribution in [0.15, 0.2) is 42.6 Å². The SMILES string of the molecule is C[Si](C)(C)CCOCN1C(=O)[C@]2(Cc3cc4ccc(CO)nc4cc3C2)c2cccnc21. The minimum Gasteiger partial charge on any atom is -0.390 e. The summed E-state index contributed by atoms with van der Waals surface area (Å²) >= 11 is 0. The number of aliphatic hydroxyl groups is 1. The molecule has 1 spiro atoms. The Morgan fingerprint density at radius 3 is 2.69 bits per heavy atom. The summed E-state index contributed by atoms with van der Waals surface area (Å²) in [6.45, 7) is 7.79. The number of ether oxygens (including phenoxy) is 1. The van der Waals surface area contributed by atoms with Gasteiger partial charge in [-0.3, -0.25) is 14.7 Å². The Morgan fingerprint density at radius 2 is 1.94 bits per heavy atom. The van der Waals surface area contributed by atoms with Gasteiger partial charge in [0, 0.05) is 31.8 Å². The summed E-state index contributed by atoms with van der Waals surface area (Å²) in [6, 6.07) is 13.1. The van der Waals surface area contributed by atoms with Crippen LogP contribution in [0, 0.1) is 0 Å². The second-order valence-electron chi connectivity index (χ2n) is 10.2. The molecule has 7 heteroatoms. The fourth-order valence-corrected chi connectivity index (χ4v) is 5.64. The maximum Gasteiger partial charge on any atom is 0.241 e. The number of nitrogens with zero attached hydrogens (tertiary/aromatic N) is 3. The molecule has 3 heterocycles. The van der Waals surface area contributed by atoms with Crippen molar-refractivity contribution in [2.24, 2.45) is 0 Å². The van der Waals surface area contributed by atoms with E-state index in [0.717, 1.165) is 33.9 Å². The van der Waals surface area contributed by atoms with E-state index in [1.165, 1.54) is 5.56 Å². The number of amides is 1. The number of rotatable bonds is 6. The molecule has 1 aliphatic carbocycles. The van der Waals surface area contributed by atoms with Crippen LogP contribution in [0.2, 0.25) is 25.7 Å². The van der Waals surface area contributed by atoms with Gasteiger partial charge in [0.05, 0.1) is 23.2 Å². The van der Waals surface area contributed by atoms with Crippen LogP contribution in [0.4, 0.5) is 5.82 Å². The van der Waals surface area contributed by atoms with Gasteiger partial charge >= 0.3 is 0 Å². The molecule has 32 heavy (non-hydrogen) atoms. The fourth-order valence-electron chi connectivity index (χ4n) is 4.88. The van der Waals surface area contributed by atoms with E-state index < -0.39 is 13.5 Å². The summed E-state index contributed by atoms with van der Waals surface area (Å²) < 4.78 is 5.96. The van der Waals surface area contributed by atoms with Crippen molar-refractivity contribution < 1.29 is 14.6 Å². The molecular weight excluding hydrogens is 418 g/mol. The van der Waals surface area contributed by atoms with Crippen LogP contribution in [0.1, 0.15) is 22.4 Å². The first-order valence-corrected chi connectivity index (χ1v) is 14.9. The van der Waals surface area contributed by atoms with Crippen LogP contribution >= 0.6 is 0 Å². The third-order valence-electron chi connectivity index (χ3n) is 6.64. The molecule has 3 aromatic rings. The van der Waals surface area contributed by atoms with Crippen molar-refractivity contribution >= 4 is 30.7 Å². The number of aromatic nitrogens is 2. The third-order valence-corrected chi connectivity index (χ3v) is 8.35. The molecule has 0 unspecified atom stereocenters. The van der Waals surface area contributed by atoms with Gasteiger partial charge in [-0.25, -0.2) is 4.98 Å². The van der Waals surface area contributed by atoms with Gasteiger partial charge in [0.2, 0.25) is 5.91 Å². The molecule has 2 aliphatic rings. The molecule has 0 bridgehead atoms. The molecule has 0 fully saturated rings. The number of pyridine rings is 2. The van der Waals surface area contributed by atoms with Crippen molar-refractivity contribution in [3.05, 3.63) is 65.0 Å². The van der Waals surface area contributed by atoms with Crippen LogP contribution < -0.4 is 4.90 Å². The smallest absolute Gasteiger partial charge is 0.241 e. The van der Waals surface area contributed by atoms with Gasteiger partial charge in [-0.2, -0.15) is 0 Å². The molecule has 5 rings (SSSR count). The first kappa shape index (κ1) is 21.2. The maximum atomic E-state index is 13.8. The zero-order chi connectivity index (χ0) is 22.5. The summed E-state index contributed by atoms with van der Waals surface area (Å²) in [6.07, 6.45) is 3.03. The number of carbonyl (C=O) groups excluding carboxylic acids is 1. The highest BCUT2D eigenvalue weighted by molar-refractivity contribution is 6.76. The molecule has 6 nitrogen and oxygen atoms in total. The zero-order valence-corrected chi connectivity index (χ0v) is 19.9. The Bertz CT molecular complexity index is 1210. The molecule has 1 aromatic carbocycles. The van der Waals surface area contributed by atoms with E-state index in [1.807, 2.05) is 24.3 Å². The normalized spacial score (nSPS) is 19.8. The number of hydrogen-bond acceptors (Lipinski definition) is 5. The first-order valence-electron chi connectivity index (χ1n) is 11.2. The predicted octanol–water partition coefficient (Wildman–Crippen LogP) is 3.82. The van der Waals surface area contributed by atoms with Crippen LogP contribution in [-0.2, 0) is 34.4 Å². The first-order chi connectivity index (χ1) is 15.3. The molecular formula is C25H29N3O3Si. The van der Waals surface area contributed by atoms with Crippen LogP contribution in [-0.4, -0.2) is 42.4 Å². The van der Waals surface area contributed by atoms with Gasteiger partial charge in [0.15, 0.2) is 0 Å². The molecule has 1 amide bonds. The Kier molecular flexibility index (Phi) is 5.15. The minimum absolute atomic E-state index is 0.0727. The summed E-state index contributed by atoms with van der Waals surface area (Å²) in [5, 5.41) is 10.5. The summed E-state index contributed by atoms with van der Waals surface area (Å²) in [5.74, 6) is 0.798. The largest absolute Gasteiger partial charge is 0.390 e. The van der Waals surface area contributed by atoms with Crippen LogP contribution in [0.25, 0.3) is 10.9 Å². The van der Waals surface area contributed by atoms with Gasteiger partial charge in [0.1, 0.15) is 12.5 Å². The molecule has 0 radical (unpaired) electrons. The van der Waals surface area contributed by atoms with E-state index in [1.54, 1.807) is 11.1 Å². The predicted molar refractivity (Wildman–Crippen MR) is 127 cm³/mol. The summed E-state index contributed by atoms with van der Waals surface area (Å²) in [7, 11) is -1.19. The molecule has 1 N–H and O–H groups in total. The Labute approximate surface area is 189 Å². The van der Waals surface area contributed by atoms with Crippen LogP contribution in [0.5, 0.6) is 0 Å². The Hall–Kier alpha value is -2.61. The zero-order valence-electron chi connectivity index (χ0n) is 18.9. The van der Waals surface area contributed by atoms with Gasteiger partial charge in [-0.05, 0) is 54.3 Å². The third kappa shape index (κ3) is 3.54. The van der Waals surface area contributed by atoms with Crippen molar-refractivity contribution in [1.82, 2.24) is 9.97 Å². The molecule has 0 saturated carbocycles. The van der Waals surface area contributed by atoms with Gasteiger partial charge in [0.25, 0.3) is 0 Å². The lowest BCUT2D eigenvalue weighted by atomic mass is 9.79. The standard InChI is InChI=1S/C25H29N3O3Si/c1-32(2,3)10-9-31-16-28-23-21(5-4-8-26-23)25(24(28)30)13-18-11-17-6-7-20(15-29)27-22(17)12-19(18)14-25/h4-8,11-12,29H,9-10,13-16H2,1-3H3/t25-/m0/s1. The topological polar surface area (TPSA) is 75.5 Å². The van der Waals surface area contributed by atoms with E-state index >= 15 is 0 Å². The van der Waals surface area contributed by atoms with Gasteiger partial charge in [-0.1, -0.05) is 31.8 Å². The molecule has 1 aliphatic heterocycles. The molecule has 1 atom stereocenters. The molecule has 0 saturated heterocycles. The Morgan fingerprint density at radius 1 is 1.16 bits per heavy atom. The van der Waals surface area contributed by atoms with E-state index in [-0.39, 0.29) is 19.2 Å². The summed E-state index contributed by atoms with van der Waals surface area (Å²) in [4.78, 5) is 24.7. The second kappa shape index (κ2) is 7.76. The fraction of sp³-hybridized carbons (Fsp3) is 0.400. The van der Waals surface area contributed by atoms with E-state index in [2.05, 4.69) is 41.7 Å². The highest BCUT2D eigenvalue weighted by Gasteiger charge is 2.54. The van der Waals surface area contributed by atoms with E-state index in [0.29, 0.717) is 25.1 Å². The number of fused-ring (bicyclic) bond motifs is 4. The highest BCUT2D eigenvalue weighted by Crippen LogP contribution is 2.49. The number of hydrogen-bond donors (Lipinski definition) is 1. The second-order valence-corrected chi connectivity index (χ2v) is 15.8. The van der Waals surface area contributed by atoms with Crippen LogP contribution in [0.3, 0.4) is 0 Å². The van der Waals surface area contributed by atoms with E-state index in [9.17, 15) is 9.90 Å². The van der Waals surface area contributed by atoms with Gasteiger partial charge in [-0.15, -0.1) is 0 Å². The highest BCUT2D eigenvalue weighted by atomic mass is 28.3. The number of aliphatic hydroxyl groups excluding tert-OH is 1. The minimum atomic E-state index is -1.19. The summed E-state index contributed by atoms with van der Waals surface area (Å²) in [5.41, 5.74) is 4.19. The Balaban J connectivity index is 1.46. The lowest BCUT2D eigenvalue weighted by molar-refractivity contribution is -0.124. The average Bonchev–Trinajstić information content (AvgIpc) is 3.24. The quantitative estimate of drug-likeness (QED) is 0.459. The van der Waals surface area contributed by atoms with E-state index in [4.69, 9.17) is 4.74 Å².